The third kappa shape index (κ3) is 2.80. The standard InChI is InChI=1S/C10H14FNOS/c1-2-3-6-14(13)8-4-5-10(12)9(11)7-8/h4-5,7H,2-3,6,12H2,1H3. The van der Waals surface area contributed by atoms with Gasteiger partial charge in [0.15, 0.2) is 0 Å². The first-order valence-corrected chi connectivity index (χ1v) is 5.90. The van der Waals surface area contributed by atoms with Crippen LogP contribution in [0.15, 0.2) is 23.1 Å². The first kappa shape index (κ1) is 11.2. The topological polar surface area (TPSA) is 43.1 Å². The molecule has 0 amide bonds. The normalized spacial score (nSPS) is 12.7. The molecule has 0 aliphatic rings. The number of halogens is 1. The Hall–Kier alpha value is -0.900. The molecule has 0 radical (unpaired) electrons. The van der Waals surface area contributed by atoms with Gasteiger partial charge in [-0.05, 0) is 24.6 Å². The van der Waals surface area contributed by atoms with Crippen molar-refractivity contribution in [3.05, 3.63) is 24.0 Å². The number of unbranched alkanes of at least 4 members (excludes halogenated alkanes) is 1. The Labute approximate surface area is 85.8 Å². The molecule has 0 aliphatic heterocycles. The first-order chi connectivity index (χ1) is 6.65. The predicted molar refractivity (Wildman–Crippen MR) is 57.0 cm³/mol. The second-order valence-electron chi connectivity index (χ2n) is 3.09. The average molecular weight is 215 g/mol. The Morgan fingerprint density at radius 2 is 2.21 bits per heavy atom. The van der Waals surface area contributed by atoms with Crippen molar-refractivity contribution < 1.29 is 8.60 Å². The fourth-order valence-corrected chi connectivity index (χ4v) is 2.28. The summed E-state index contributed by atoms with van der Waals surface area (Å²) in [5, 5.41) is 0. The molecular formula is C10H14FNOS. The van der Waals surface area contributed by atoms with E-state index in [0.717, 1.165) is 12.8 Å². The minimum absolute atomic E-state index is 0.0984. The monoisotopic (exact) mass is 215 g/mol. The van der Waals surface area contributed by atoms with Gasteiger partial charge in [0, 0.05) is 10.6 Å². The Balaban J connectivity index is 2.76. The maximum absolute atomic E-state index is 13.0. The van der Waals surface area contributed by atoms with Crippen LogP contribution in [0.1, 0.15) is 19.8 Å². The summed E-state index contributed by atoms with van der Waals surface area (Å²) in [6.45, 7) is 2.03. The van der Waals surface area contributed by atoms with Crippen molar-refractivity contribution in [2.45, 2.75) is 24.7 Å². The van der Waals surface area contributed by atoms with Crippen LogP contribution >= 0.6 is 0 Å². The van der Waals surface area contributed by atoms with Crippen LogP contribution in [0.2, 0.25) is 0 Å². The fourth-order valence-electron chi connectivity index (χ4n) is 1.04. The summed E-state index contributed by atoms with van der Waals surface area (Å²) in [4.78, 5) is 0.519. The summed E-state index contributed by atoms with van der Waals surface area (Å²) in [7, 11) is -1.10. The molecule has 1 aromatic carbocycles. The van der Waals surface area contributed by atoms with Gasteiger partial charge in [-0.3, -0.25) is 4.21 Å². The zero-order chi connectivity index (χ0) is 10.6. The van der Waals surface area contributed by atoms with Crippen molar-refractivity contribution >= 4 is 16.5 Å². The van der Waals surface area contributed by atoms with Crippen LogP contribution in [0.5, 0.6) is 0 Å². The van der Waals surface area contributed by atoms with Gasteiger partial charge in [-0.2, -0.15) is 0 Å². The Bertz CT molecular complexity index is 341. The van der Waals surface area contributed by atoms with E-state index < -0.39 is 16.6 Å². The van der Waals surface area contributed by atoms with E-state index in [1.54, 1.807) is 6.07 Å². The van der Waals surface area contributed by atoms with Crippen molar-refractivity contribution in [1.29, 1.82) is 0 Å². The Kier molecular flexibility index (Phi) is 4.07. The van der Waals surface area contributed by atoms with Crippen LogP contribution in [-0.2, 0) is 10.8 Å². The summed E-state index contributed by atoms with van der Waals surface area (Å²) in [5.74, 6) is 0.0900. The number of nitrogen functional groups attached to an aromatic ring is 1. The highest BCUT2D eigenvalue weighted by Crippen LogP contribution is 2.15. The lowest BCUT2D eigenvalue weighted by Gasteiger charge is -2.02. The molecular weight excluding hydrogens is 201 g/mol. The van der Waals surface area contributed by atoms with Gasteiger partial charge in [-0.15, -0.1) is 0 Å². The van der Waals surface area contributed by atoms with Crippen LogP contribution < -0.4 is 5.73 Å². The molecule has 0 spiro atoms. The van der Waals surface area contributed by atoms with Crippen LogP contribution in [0, 0.1) is 5.82 Å². The van der Waals surface area contributed by atoms with Crippen LogP contribution in [0.3, 0.4) is 0 Å². The molecule has 2 N–H and O–H groups in total. The summed E-state index contributed by atoms with van der Waals surface area (Å²) < 4.78 is 24.6. The average Bonchev–Trinajstić information content (AvgIpc) is 2.18. The van der Waals surface area contributed by atoms with Crippen molar-refractivity contribution in [3.8, 4) is 0 Å². The molecule has 1 rings (SSSR count). The largest absolute Gasteiger partial charge is 0.396 e. The lowest BCUT2D eigenvalue weighted by molar-refractivity contribution is 0.627. The van der Waals surface area contributed by atoms with E-state index in [-0.39, 0.29) is 5.69 Å². The van der Waals surface area contributed by atoms with Gasteiger partial charge in [-0.1, -0.05) is 13.3 Å². The molecule has 2 nitrogen and oxygen atoms in total. The van der Waals surface area contributed by atoms with Gasteiger partial charge in [-0.25, -0.2) is 4.39 Å². The van der Waals surface area contributed by atoms with Crippen molar-refractivity contribution in [1.82, 2.24) is 0 Å². The molecule has 1 aromatic rings. The van der Waals surface area contributed by atoms with Gasteiger partial charge in [0.25, 0.3) is 0 Å². The van der Waals surface area contributed by atoms with E-state index in [0.29, 0.717) is 10.6 Å². The van der Waals surface area contributed by atoms with Gasteiger partial charge < -0.3 is 5.73 Å². The Morgan fingerprint density at radius 1 is 1.50 bits per heavy atom. The molecule has 0 aromatic heterocycles. The van der Waals surface area contributed by atoms with Crippen LogP contribution in [0.4, 0.5) is 10.1 Å². The lowest BCUT2D eigenvalue weighted by atomic mass is 10.3. The van der Waals surface area contributed by atoms with E-state index >= 15 is 0 Å². The van der Waals surface area contributed by atoms with E-state index in [4.69, 9.17) is 5.73 Å². The quantitative estimate of drug-likeness (QED) is 0.783. The number of rotatable bonds is 4. The highest BCUT2D eigenvalue weighted by molar-refractivity contribution is 7.85. The van der Waals surface area contributed by atoms with E-state index in [9.17, 15) is 8.60 Å². The molecule has 0 bridgehead atoms. The summed E-state index contributed by atoms with van der Waals surface area (Å²) in [5.41, 5.74) is 5.41. The molecule has 0 heterocycles. The molecule has 0 fully saturated rings. The van der Waals surface area contributed by atoms with E-state index in [1.807, 2.05) is 6.92 Å². The number of hydrogen-bond donors (Lipinski definition) is 1. The number of anilines is 1. The summed E-state index contributed by atoms with van der Waals surface area (Å²) >= 11 is 0. The van der Waals surface area contributed by atoms with Crippen molar-refractivity contribution in [2.75, 3.05) is 11.5 Å². The van der Waals surface area contributed by atoms with Gasteiger partial charge in [0.2, 0.25) is 0 Å². The maximum Gasteiger partial charge on any atom is 0.147 e. The minimum atomic E-state index is -1.10. The third-order valence-corrected chi connectivity index (χ3v) is 3.36. The Morgan fingerprint density at radius 3 is 2.79 bits per heavy atom. The summed E-state index contributed by atoms with van der Waals surface area (Å²) in [6, 6.07) is 4.32. The molecule has 14 heavy (non-hydrogen) atoms. The number of hydrogen-bond acceptors (Lipinski definition) is 2. The highest BCUT2D eigenvalue weighted by Gasteiger charge is 2.06. The molecule has 4 heteroatoms. The second-order valence-corrected chi connectivity index (χ2v) is 4.66. The number of benzene rings is 1. The molecule has 0 aliphatic carbocycles. The fraction of sp³-hybridized carbons (Fsp3) is 0.400. The lowest BCUT2D eigenvalue weighted by Crippen LogP contribution is -1.99. The molecule has 1 unspecified atom stereocenters. The van der Waals surface area contributed by atoms with Crippen LogP contribution in [-0.4, -0.2) is 9.96 Å². The van der Waals surface area contributed by atoms with E-state index in [1.165, 1.54) is 12.1 Å². The smallest absolute Gasteiger partial charge is 0.147 e. The van der Waals surface area contributed by atoms with Crippen molar-refractivity contribution in [3.63, 3.8) is 0 Å². The molecule has 1 atom stereocenters. The molecule has 0 saturated carbocycles. The minimum Gasteiger partial charge on any atom is -0.396 e. The zero-order valence-electron chi connectivity index (χ0n) is 8.13. The van der Waals surface area contributed by atoms with E-state index in [2.05, 4.69) is 0 Å². The second kappa shape index (κ2) is 5.10. The van der Waals surface area contributed by atoms with Gasteiger partial charge in [0.1, 0.15) is 5.82 Å². The molecule has 0 saturated heterocycles. The van der Waals surface area contributed by atoms with Gasteiger partial charge in [0.05, 0.1) is 16.5 Å². The first-order valence-electron chi connectivity index (χ1n) is 4.58. The highest BCUT2D eigenvalue weighted by atomic mass is 32.2. The number of nitrogens with two attached hydrogens (primary N) is 1. The third-order valence-electron chi connectivity index (χ3n) is 1.92. The van der Waals surface area contributed by atoms with Crippen LogP contribution in [0.25, 0.3) is 0 Å². The summed E-state index contributed by atoms with van der Waals surface area (Å²) in [6.07, 6.45) is 1.88. The zero-order valence-corrected chi connectivity index (χ0v) is 8.94. The molecule has 78 valence electrons. The van der Waals surface area contributed by atoms with Crippen molar-refractivity contribution in [2.24, 2.45) is 0 Å². The maximum atomic E-state index is 13.0. The predicted octanol–water partition coefficient (Wildman–Crippen LogP) is 2.32. The SMILES string of the molecule is CCCCS(=O)c1ccc(N)c(F)c1. The van der Waals surface area contributed by atoms with Gasteiger partial charge >= 0.3 is 0 Å².